The molecule has 1 aliphatic rings. The van der Waals surface area contributed by atoms with Crippen molar-refractivity contribution in [1.29, 1.82) is 0 Å². The molecule has 1 aromatic heterocycles. The average Bonchev–Trinajstić information content (AvgIpc) is 3.01. The van der Waals surface area contributed by atoms with Gasteiger partial charge in [0, 0.05) is 26.3 Å². The number of nitrogens with one attached hydrogen (secondary N) is 2. The predicted molar refractivity (Wildman–Crippen MR) is 90.5 cm³/mol. The van der Waals surface area contributed by atoms with Gasteiger partial charge >= 0.3 is 5.97 Å². The van der Waals surface area contributed by atoms with Gasteiger partial charge in [-0.1, -0.05) is 0 Å². The van der Waals surface area contributed by atoms with Gasteiger partial charge in [-0.25, -0.2) is 0 Å². The highest BCUT2D eigenvalue weighted by Crippen LogP contribution is 2.18. The van der Waals surface area contributed by atoms with E-state index in [0.29, 0.717) is 6.54 Å². The third-order valence-corrected chi connectivity index (χ3v) is 3.54. The van der Waals surface area contributed by atoms with E-state index >= 15 is 0 Å². The Bertz CT molecular complexity index is 455. The van der Waals surface area contributed by atoms with Gasteiger partial charge in [0.15, 0.2) is 5.96 Å². The van der Waals surface area contributed by atoms with Crippen molar-refractivity contribution in [3.63, 3.8) is 0 Å². The number of methoxy groups -OCH3 is 1. The van der Waals surface area contributed by atoms with Crippen LogP contribution in [0.25, 0.3) is 0 Å². The van der Waals surface area contributed by atoms with Crippen LogP contribution in [0.4, 0.5) is 0 Å². The highest BCUT2D eigenvalue weighted by Gasteiger charge is 2.26. The third-order valence-electron chi connectivity index (χ3n) is 3.54. The van der Waals surface area contributed by atoms with Gasteiger partial charge < -0.3 is 15.0 Å². The normalized spacial score (nSPS) is 16.3. The lowest BCUT2D eigenvalue weighted by Gasteiger charge is -2.33. The van der Waals surface area contributed by atoms with Crippen LogP contribution >= 0.6 is 24.0 Å². The van der Waals surface area contributed by atoms with Gasteiger partial charge in [-0.05, 0) is 18.9 Å². The van der Waals surface area contributed by atoms with Crippen LogP contribution in [0.15, 0.2) is 17.3 Å². The molecule has 1 aromatic rings. The van der Waals surface area contributed by atoms with Crippen LogP contribution in [0.2, 0.25) is 0 Å². The van der Waals surface area contributed by atoms with Crippen molar-refractivity contribution in [1.82, 2.24) is 20.4 Å². The Morgan fingerprint density at radius 2 is 2.29 bits per heavy atom. The molecule has 0 bridgehead atoms. The lowest BCUT2D eigenvalue weighted by molar-refractivity contribution is -0.146. The van der Waals surface area contributed by atoms with Crippen molar-refractivity contribution in [2.24, 2.45) is 10.9 Å². The molecule has 0 amide bonds. The maximum atomic E-state index is 11.5. The monoisotopic (exact) mass is 407 g/mol. The zero-order chi connectivity index (χ0) is 14.4. The van der Waals surface area contributed by atoms with E-state index in [1.165, 1.54) is 7.11 Å². The maximum Gasteiger partial charge on any atom is 0.308 e. The van der Waals surface area contributed by atoms with Crippen molar-refractivity contribution in [3.05, 3.63) is 18.0 Å². The first-order valence-corrected chi connectivity index (χ1v) is 6.76. The fraction of sp³-hybridized carbons (Fsp3) is 0.615. The van der Waals surface area contributed by atoms with Crippen LogP contribution in [-0.4, -0.2) is 54.3 Å². The van der Waals surface area contributed by atoms with Crippen molar-refractivity contribution >= 4 is 35.9 Å². The Labute approximate surface area is 141 Å². The molecule has 2 rings (SSSR count). The number of hydrogen-bond donors (Lipinski definition) is 2. The summed E-state index contributed by atoms with van der Waals surface area (Å²) in [5, 5.41) is 10.1. The van der Waals surface area contributed by atoms with Crippen molar-refractivity contribution in [2.75, 3.05) is 27.2 Å². The molecule has 2 heterocycles. The van der Waals surface area contributed by atoms with Gasteiger partial charge in [0.05, 0.1) is 25.3 Å². The molecular weight excluding hydrogens is 385 g/mol. The molecule has 0 spiro atoms. The molecule has 1 aliphatic heterocycles. The highest BCUT2D eigenvalue weighted by atomic mass is 127. The molecule has 0 unspecified atom stereocenters. The number of likely N-dealkylation sites (tertiary alicyclic amines) is 1. The van der Waals surface area contributed by atoms with Crippen LogP contribution in [0.5, 0.6) is 0 Å². The summed E-state index contributed by atoms with van der Waals surface area (Å²) in [5.41, 5.74) is 1.01. The maximum absolute atomic E-state index is 11.5. The lowest BCUT2D eigenvalue weighted by atomic mass is 9.97. The molecule has 21 heavy (non-hydrogen) atoms. The lowest BCUT2D eigenvalue weighted by Crippen LogP contribution is -2.46. The van der Waals surface area contributed by atoms with Gasteiger partial charge in [0.2, 0.25) is 0 Å². The first kappa shape index (κ1) is 17.7. The topological polar surface area (TPSA) is 82.6 Å². The van der Waals surface area contributed by atoms with Crippen molar-refractivity contribution < 1.29 is 9.53 Å². The van der Waals surface area contributed by atoms with Crippen LogP contribution < -0.4 is 5.32 Å². The number of H-pyrrole nitrogens is 1. The minimum atomic E-state index is -0.106. The molecule has 7 nitrogen and oxygen atoms in total. The number of piperidine rings is 1. The smallest absolute Gasteiger partial charge is 0.308 e. The van der Waals surface area contributed by atoms with Crippen LogP contribution in [-0.2, 0) is 16.1 Å². The summed E-state index contributed by atoms with van der Waals surface area (Å²) in [7, 11) is 3.21. The first-order chi connectivity index (χ1) is 9.74. The number of rotatable bonds is 3. The second-order valence-electron chi connectivity index (χ2n) is 4.77. The van der Waals surface area contributed by atoms with E-state index < -0.39 is 0 Å². The molecule has 0 radical (unpaired) electrons. The summed E-state index contributed by atoms with van der Waals surface area (Å²) < 4.78 is 4.79. The van der Waals surface area contributed by atoms with Crippen LogP contribution in [0.1, 0.15) is 18.5 Å². The summed E-state index contributed by atoms with van der Waals surface area (Å²) in [4.78, 5) is 17.9. The minimum absolute atomic E-state index is 0. The molecule has 1 saturated heterocycles. The molecule has 8 heteroatoms. The molecular formula is C13H22IN5O2. The SMILES string of the molecule is CN=C(NCc1ccn[nH]1)N1CCC(C(=O)OC)CC1.I. The van der Waals surface area contributed by atoms with E-state index in [1.807, 2.05) is 6.07 Å². The Kier molecular flexibility index (Phi) is 7.48. The predicted octanol–water partition coefficient (Wildman–Crippen LogP) is 0.988. The number of carbonyl (C=O) groups excluding carboxylic acids is 1. The van der Waals surface area contributed by atoms with E-state index in [1.54, 1.807) is 13.2 Å². The third kappa shape index (κ3) is 4.87. The Hall–Kier alpha value is -1.32. The quantitative estimate of drug-likeness (QED) is 0.338. The molecule has 0 atom stereocenters. The average molecular weight is 407 g/mol. The van der Waals surface area contributed by atoms with Gasteiger partial charge in [0.1, 0.15) is 0 Å². The van der Waals surface area contributed by atoms with E-state index in [4.69, 9.17) is 4.74 Å². The van der Waals surface area contributed by atoms with Crippen LogP contribution in [0.3, 0.4) is 0 Å². The van der Waals surface area contributed by atoms with E-state index in [0.717, 1.165) is 37.6 Å². The number of carbonyl (C=O) groups is 1. The molecule has 0 aliphatic carbocycles. The molecule has 2 N–H and O–H groups in total. The number of ether oxygens (including phenoxy) is 1. The summed E-state index contributed by atoms with van der Waals surface area (Å²) in [6.45, 7) is 2.27. The Morgan fingerprint density at radius 1 is 1.57 bits per heavy atom. The molecule has 0 aromatic carbocycles. The number of guanidine groups is 1. The van der Waals surface area contributed by atoms with Gasteiger partial charge in [-0.15, -0.1) is 24.0 Å². The van der Waals surface area contributed by atoms with Gasteiger partial charge in [-0.3, -0.25) is 14.9 Å². The van der Waals surface area contributed by atoms with E-state index in [9.17, 15) is 4.79 Å². The van der Waals surface area contributed by atoms with Crippen LogP contribution in [0, 0.1) is 5.92 Å². The molecule has 1 fully saturated rings. The number of aliphatic imine (C=N–C) groups is 1. The molecule has 118 valence electrons. The second kappa shape index (κ2) is 8.85. The molecule has 0 saturated carbocycles. The number of esters is 1. The fourth-order valence-corrected chi connectivity index (χ4v) is 2.38. The van der Waals surface area contributed by atoms with Gasteiger partial charge in [0.25, 0.3) is 0 Å². The Balaban J connectivity index is 0.00000220. The van der Waals surface area contributed by atoms with Crippen molar-refractivity contribution in [2.45, 2.75) is 19.4 Å². The van der Waals surface area contributed by atoms with Crippen molar-refractivity contribution in [3.8, 4) is 0 Å². The summed E-state index contributed by atoms with van der Waals surface area (Å²) in [6.07, 6.45) is 3.33. The number of aromatic nitrogens is 2. The zero-order valence-electron chi connectivity index (χ0n) is 12.3. The fourth-order valence-electron chi connectivity index (χ4n) is 2.38. The standard InChI is InChI=1S/C13H21N5O2.HI/c1-14-13(15-9-11-3-6-16-17-11)18-7-4-10(5-8-18)12(19)20-2;/h3,6,10H,4-5,7-9H2,1-2H3,(H,14,15)(H,16,17);1H. The number of halogens is 1. The number of aromatic amines is 1. The Morgan fingerprint density at radius 3 is 2.81 bits per heavy atom. The summed E-state index contributed by atoms with van der Waals surface area (Å²) in [6, 6.07) is 1.92. The minimum Gasteiger partial charge on any atom is -0.469 e. The highest BCUT2D eigenvalue weighted by molar-refractivity contribution is 14.0. The second-order valence-corrected chi connectivity index (χ2v) is 4.77. The van der Waals surface area contributed by atoms with Gasteiger partial charge in [-0.2, -0.15) is 5.10 Å². The first-order valence-electron chi connectivity index (χ1n) is 6.76. The largest absolute Gasteiger partial charge is 0.469 e. The zero-order valence-corrected chi connectivity index (χ0v) is 14.7. The summed E-state index contributed by atoms with van der Waals surface area (Å²) >= 11 is 0. The van der Waals surface area contributed by atoms with E-state index in [2.05, 4.69) is 25.4 Å². The number of nitrogens with zero attached hydrogens (tertiary/aromatic N) is 3. The van der Waals surface area contributed by atoms with E-state index in [-0.39, 0.29) is 35.9 Å². The summed E-state index contributed by atoms with van der Waals surface area (Å²) in [5.74, 6) is 0.759. The number of hydrogen-bond acceptors (Lipinski definition) is 4.